The van der Waals surface area contributed by atoms with E-state index in [2.05, 4.69) is 5.32 Å². The standard InChI is InChI=1S/C12H15F2NS/c13-10-4-3-9(12(14)6-10)7-15-8-11-2-1-5-16-11/h3-4,6,11,15H,1-2,5,7-8H2. The second-order valence-corrected chi connectivity index (χ2v) is 5.41. The Kier molecular flexibility index (Phi) is 4.18. The van der Waals surface area contributed by atoms with Gasteiger partial charge in [0.25, 0.3) is 0 Å². The average Bonchev–Trinajstić information content (AvgIpc) is 2.74. The lowest BCUT2D eigenvalue weighted by molar-refractivity contribution is 0.557. The molecule has 4 heteroatoms. The molecule has 1 aliphatic heterocycles. The van der Waals surface area contributed by atoms with Gasteiger partial charge in [0.1, 0.15) is 11.6 Å². The Morgan fingerprint density at radius 1 is 1.38 bits per heavy atom. The first-order chi connectivity index (χ1) is 7.75. The molecular formula is C12H15F2NS. The normalized spacial score (nSPS) is 20.2. The van der Waals surface area contributed by atoms with Gasteiger partial charge in [-0.15, -0.1) is 0 Å². The van der Waals surface area contributed by atoms with E-state index in [-0.39, 0.29) is 0 Å². The summed E-state index contributed by atoms with van der Waals surface area (Å²) < 4.78 is 25.9. The summed E-state index contributed by atoms with van der Waals surface area (Å²) in [5, 5.41) is 3.88. The van der Waals surface area contributed by atoms with Gasteiger partial charge >= 0.3 is 0 Å². The summed E-state index contributed by atoms with van der Waals surface area (Å²) in [6.45, 7) is 1.38. The third kappa shape index (κ3) is 3.19. The van der Waals surface area contributed by atoms with Gasteiger partial charge in [0.15, 0.2) is 0 Å². The van der Waals surface area contributed by atoms with Crippen LogP contribution in [-0.2, 0) is 6.54 Å². The lowest BCUT2D eigenvalue weighted by atomic mass is 10.2. The van der Waals surface area contributed by atoms with Crippen LogP contribution in [0.1, 0.15) is 18.4 Å². The predicted octanol–water partition coefficient (Wildman–Crippen LogP) is 2.95. The van der Waals surface area contributed by atoms with Crippen LogP contribution in [0.25, 0.3) is 0 Å². The molecule has 1 aromatic carbocycles. The van der Waals surface area contributed by atoms with Crippen molar-refractivity contribution < 1.29 is 8.78 Å². The Morgan fingerprint density at radius 2 is 2.25 bits per heavy atom. The molecule has 0 spiro atoms. The first-order valence-electron chi connectivity index (χ1n) is 5.52. The van der Waals surface area contributed by atoms with Crippen LogP contribution in [-0.4, -0.2) is 17.5 Å². The van der Waals surface area contributed by atoms with E-state index in [1.54, 1.807) is 0 Å². The van der Waals surface area contributed by atoms with Crippen LogP contribution >= 0.6 is 11.8 Å². The maximum absolute atomic E-state index is 13.3. The van der Waals surface area contributed by atoms with Crippen molar-refractivity contribution in [3.63, 3.8) is 0 Å². The smallest absolute Gasteiger partial charge is 0.130 e. The zero-order valence-corrected chi connectivity index (χ0v) is 9.83. The summed E-state index contributed by atoms with van der Waals surface area (Å²) in [5.74, 6) is 0.247. The van der Waals surface area contributed by atoms with Crippen LogP contribution in [0.3, 0.4) is 0 Å². The summed E-state index contributed by atoms with van der Waals surface area (Å²) in [7, 11) is 0. The van der Waals surface area contributed by atoms with Crippen LogP contribution < -0.4 is 5.32 Å². The van der Waals surface area contributed by atoms with Crippen LogP contribution in [0.2, 0.25) is 0 Å². The maximum Gasteiger partial charge on any atom is 0.130 e. The quantitative estimate of drug-likeness (QED) is 0.872. The molecular weight excluding hydrogens is 228 g/mol. The number of thioether (sulfide) groups is 1. The van der Waals surface area contributed by atoms with Gasteiger partial charge in [0.05, 0.1) is 0 Å². The van der Waals surface area contributed by atoms with E-state index < -0.39 is 11.6 Å². The van der Waals surface area contributed by atoms with Gasteiger partial charge in [-0.1, -0.05) is 6.07 Å². The second-order valence-electron chi connectivity index (χ2n) is 4.00. The number of hydrogen-bond acceptors (Lipinski definition) is 2. The molecule has 1 N–H and O–H groups in total. The molecule has 1 unspecified atom stereocenters. The third-order valence-corrected chi connectivity index (χ3v) is 4.12. The first-order valence-corrected chi connectivity index (χ1v) is 6.57. The molecule has 16 heavy (non-hydrogen) atoms. The van der Waals surface area contributed by atoms with E-state index in [9.17, 15) is 8.78 Å². The molecule has 0 bridgehead atoms. The van der Waals surface area contributed by atoms with Gasteiger partial charge in [0, 0.05) is 30.0 Å². The molecule has 1 fully saturated rings. The van der Waals surface area contributed by atoms with Crippen LogP contribution in [0.4, 0.5) is 8.78 Å². The zero-order valence-electron chi connectivity index (χ0n) is 9.01. The van der Waals surface area contributed by atoms with E-state index in [0.29, 0.717) is 17.4 Å². The lowest BCUT2D eigenvalue weighted by Gasteiger charge is -2.10. The monoisotopic (exact) mass is 243 g/mol. The van der Waals surface area contributed by atoms with Gasteiger partial charge in [-0.25, -0.2) is 8.78 Å². The van der Waals surface area contributed by atoms with Crippen LogP contribution in [0, 0.1) is 11.6 Å². The Hall–Kier alpha value is -0.610. The number of hydrogen-bond donors (Lipinski definition) is 1. The fourth-order valence-electron chi connectivity index (χ4n) is 1.84. The van der Waals surface area contributed by atoms with E-state index in [0.717, 1.165) is 12.6 Å². The largest absolute Gasteiger partial charge is 0.311 e. The molecule has 1 aromatic rings. The van der Waals surface area contributed by atoms with Crippen molar-refractivity contribution in [1.29, 1.82) is 0 Å². The van der Waals surface area contributed by atoms with Crippen molar-refractivity contribution in [2.45, 2.75) is 24.6 Å². The minimum atomic E-state index is -0.521. The van der Waals surface area contributed by atoms with Crippen LogP contribution in [0.15, 0.2) is 18.2 Å². The van der Waals surface area contributed by atoms with E-state index in [1.807, 2.05) is 11.8 Å². The molecule has 0 radical (unpaired) electrons. The number of halogens is 2. The topological polar surface area (TPSA) is 12.0 Å². The van der Waals surface area contributed by atoms with Crippen molar-refractivity contribution in [2.24, 2.45) is 0 Å². The fourth-order valence-corrected chi connectivity index (χ4v) is 3.07. The van der Waals surface area contributed by atoms with Crippen molar-refractivity contribution in [3.05, 3.63) is 35.4 Å². The minimum absolute atomic E-state index is 0.466. The summed E-state index contributed by atoms with van der Waals surface area (Å²) in [5.41, 5.74) is 0.532. The number of rotatable bonds is 4. The number of benzene rings is 1. The van der Waals surface area contributed by atoms with Gasteiger partial charge < -0.3 is 5.32 Å². The summed E-state index contributed by atoms with van der Waals surface area (Å²) >= 11 is 1.97. The summed E-state index contributed by atoms with van der Waals surface area (Å²) in [6.07, 6.45) is 2.52. The average molecular weight is 243 g/mol. The lowest BCUT2D eigenvalue weighted by Crippen LogP contribution is -2.23. The highest BCUT2D eigenvalue weighted by Gasteiger charge is 2.14. The predicted molar refractivity (Wildman–Crippen MR) is 63.5 cm³/mol. The van der Waals surface area contributed by atoms with Crippen molar-refractivity contribution in [1.82, 2.24) is 5.32 Å². The molecule has 1 heterocycles. The Labute approximate surface area is 98.6 Å². The molecule has 88 valence electrons. The Morgan fingerprint density at radius 3 is 2.94 bits per heavy atom. The van der Waals surface area contributed by atoms with Gasteiger partial charge in [-0.2, -0.15) is 11.8 Å². The van der Waals surface area contributed by atoms with Crippen LogP contribution in [0.5, 0.6) is 0 Å². The Balaban J connectivity index is 1.80. The second kappa shape index (κ2) is 5.64. The minimum Gasteiger partial charge on any atom is -0.311 e. The first kappa shape index (κ1) is 11.9. The van der Waals surface area contributed by atoms with Crippen molar-refractivity contribution in [2.75, 3.05) is 12.3 Å². The highest BCUT2D eigenvalue weighted by Crippen LogP contribution is 2.25. The Bertz CT molecular complexity index is 351. The fraction of sp³-hybridized carbons (Fsp3) is 0.500. The SMILES string of the molecule is Fc1ccc(CNCC2CCCS2)c(F)c1. The third-order valence-electron chi connectivity index (χ3n) is 2.73. The molecule has 1 atom stereocenters. The van der Waals surface area contributed by atoms with Gasteiger partial charge in [-0.3, -0.25) is 0 Å². The van der Waals surface area contributed by atoms with E-state index in [1.165, 1.54) is 30.7 Å². The van der Waals surface area contributed by atoms with Crippen molar-refractivity contribution >= 4 is 11.8 Å². The maximum atomic E-state index is 13.3. The molecule has 0 saturated carbocycles. The van der Waals surface area contributed by atoms with Gasteiger partial charge in [0.2, 0.25) is 0 Å². The molecule has 0 aromatic heterocycles. The van der Waals surface area contributed by atoms with E-state index in [4.69, 9.17) is 0 Å². The molecule has 1 saturated heterocycles. The highest BCUT2D eigenvalue weighted by molar-refractivity contribution is 8.00. The summed E-state index contributed by atoms with van der Waals surface area (Å²) in [4.78, 5) is 0. The molecule has 0 amide bonds. The number of nitrogens with one attached hydrogen (secondary N) is 1. The molecule has 1 nitrogen and oxygen atoms in total. The summed E-state index contributed by atoms with van der Waals surface area (Å²) in [6, 6.07) is 3.73. The van der Waals surface area contributed by atoms with Crippen molar-refractivity contribution in [3.8, 4) is 0 Å². The molecule has 2 rings (SSSR count). The highest BCUT2D eigenvalue weighted by atomic mass is 32.2. The van der Waals surface area contributed by atoms with E-state index >= 15 is 0 Å². The molecule has 0 aliphatic carbocycles. The zero-order chi connectivity index (χ0) is 11.4. The molecule has 1 aliphatic rings. The van der Waals surface area contributed by atoms with Gasteiger partial charge in [-0.05, 0) is 24.7 Å².